The standard InChI is InChI=1S/C21H19N3O3/c25-21(15-6-2-1-3-7-15)24-12-16(13-24)26-18-9-5-4-8-17(18)20-22-19(23-27-20)14-10-11-14/h1-9,14,16H,10-13H2. The number of carbonyl (C=O) groups excluding carboxylic acids is 1. The summed E-state index contributed by atoms with van der Waals surface area (Å²) in [5.41, 5.74) is 1.50. The molecule has 6 nitrogen and oxygen atoms in total. The summed E-state index contributed by atoms with van der Waals surface area (Å²) in [4.78, 5) is 18.7. The number of nitrogens with zero attached hydrogens (tertiary/aromatic N) is 3. The van der Waals surface area contributed by atoms with Gasteiger partial charge in [-0.2, -0.15) is 4.98 Å². The van der Waals surface area contributed by atoms with E-state index in [1.54, 1.807) is 4.90 Å². The molecule has 0 spiro atoms. The van der Waals surface area contributed by atoms with Gasteiger partial charge >= 0.3 is 0 Å². The van der Waals surface area contributed by atoms with Gasteiger partial charge in [0.1, 0.15) is 11.9 Å². The molecule has 2 aliphatic rings. The third kappa shape index (κ3) is 3.18. The van der Waals surface area contributed by atoms with Gasteiger partial charge in [0.2, 0.25) is 0 Å². The van der Waals surface area contributed by atoms with Crippen molar-refractivity contribution in [2.24, 2.45) is 0 Å². The van der Waals surface area contributed by atoms with Crippen molar-refractivity contribution in [3.63, 3.8) is 0 Å². The van der Waals surface area contributed by atoms with Crippen molar-refractivity contribution in [3.05, 3.63) is 66.0 Å². The molecular weight excluding hydrogens is 342 g/mol. The lowest BCUT2D eigenvalue weighted by Crippen LogP contribution is -2.56. The summed E-state index contributed by atoms with van der Waals surface area (Å²) in [6, 6.07) is 17.0. The SMILES string of the molecule is O=C(c1ccccc1)N1CC(Oc2ccccc2-c2nc(C3CC3)no2)C1. The molecule has 1 saturated heterocycles. The Hall–Kier alpha value is -3.15. The number of para-hydroxylation sites is 1. The molecule has 1 amide bonds. The Morgan fingerprint density at radius 1 is 1.04 bits per heavy atom. The molecule has 2 aromatic carbocycles. The van der Waals surface area contributed by atoms with Crippen LogP contribution in [-0.2, 0) is 0 Å². The molecule has 5 rings (SSSR count). The summed E-state index contributed by atoms with van der Waals surface area (Å²) < 4.78 is 11.6. The Balaban J connectivity index is 1.26. The first-order chi connectivity index (χ1) is 13.3. The van der Waals surface area contributed by atoms with E-state index in [1.165, 1.54) is 0 Å². The molecule has 0 radical (unpaired) electrons. The predicted octanol–water partition coefficient (Wildman–Crippen LogP) is 3.52. The third-order valence-electron chi connectivity index (χ3n) is 4.95. The Morgan fingerprint density at radius 3 is 2.56 bits per heavy atom. The van der Waals surface area contributed by atoms with Gasteiger partial charge in [-0.1, -0.05) is 35.5 Å². The molecule has 0 bridgehead atoms. The van der Waals surface area contributed by atoms with Gasteiger partial charge in [-0.3, -0.25) is 4.79 Å². The van der Waals surface area contributed by atoms with E-state index < -0.39 is 0 Å². The number of rotatable bonds is 5. The van der Waals surface area contributed by atoms with Crippen LogP contribution in [-0.4, -0.2) is 40.1 Å². The van der Waals surface area contributed by atoms with E-state index in [0.717, 1.165) is 24.2 Å². The Kier molecular flexibility index (Phi) is 3.89. The highest BCUT2D eigenvalue weighted by Gasteiger charge is 2.34. The van der Waals surface area contributed by atoms with Crippen LogP contribution in [0.15, 0.2) is 59.1 Å². The molecule has 0 N–H and O–H groups in total. The van der Waals surface area contributed by atoms with E-state index in [4.69, 9.17) is 9.26 Å². The first-order valence-corrected chi connectivity index (χ1v) is 9.22. The lowest BCUT2D eigenvalue weighted by molar-refractivity contribution is 0.0179. The minimum atomic E-state index is -0.0374. The first kappa shape index (κ1) is 16.1. The molecule has 0 atom stereocenters. The second kappa shape index (κ2) is 6.54. The maximum Gasteiger partial charge on any atom is 0.261 e. The average molecular weight is 361 g/mol. The smallest absolute Gasteiger partial charge is 0.261 e. The van der Waals surface area contributed by atoms with E-state index in [-0.39, 0.29) is 12.0 Å². The summed E-state index contributed by atoms with van der Waals surface area (Å²) in [6.45, 7) is 1.14. The molecule has 2 heterocycles. The number of hydrogen-bond donors (Lipinski definition) is 0. The highest BCUT2D eigenvalue weighted by atomic mass is 16.5. The zero-order chi connectivity index (χ0) is 18.2. The van der Waals surface area contributed by atoms with Crippen LogP contribution in [0.2, 0.25) is 0 Å². The second-order valence-corrected chi connectivity index (χ2v) is 7.04. The Labute approximate surface area is 156 Å². The van der Waals surface area contributed by atoms with Crippen molar-refractivity contribution >= 4 is 5.91 Å². The highest BCUT2D eigenvalue weighted by Crippen LogP contribution is 2.39. The van der Waals surface area contributed by atoms with Crippen LogP contribution in [0.25, 0.3) is 11.5 Å². The maximum atomic E-state index is 12.4. The Morgan fingerprint density at radius 2 is 1.78 bits per heavy atom. The largest absolute Gasteiger partial charge is 0.486 e. The lowest BCUT2D eigenvalue weighted by Gasteiger charge is -2.39. The molecule has 1 saturated carbocycles. The number of aromatic nitrogens is 2. The zero-order valence-electron chi connectivity index (χ0n) is 14.7. The topological polar surface area (TPSA) is 68.5 Å². The van der Waals surface area contributed by atoms with Crippen LogP contribution in [0, 0.1) is 0 Å². The van der Waals surface area contributed by atoms with Crippen molar-refractivity contribution in [2.75, 3.05) is 13.1 Å². The van der Waals surface area contributed by atoms with Gasteiger partial charge in [-0.25, -0.2) is 0 Å². The van der Waals surface area contributed by atoms with E-state index in [2.05, 4.69) is 10.1 Å². The molecule has 1 aliphatic carbocycles. The number of hydrogen-bond acceptors (Lipinski definition) is 5. The van der Waals surface area contributed by atoms with Crippen molar-refractivity contribution in [1.82, 2.24) is 15.0 Å². The summed E-state index contributed by atoms with van der Waals surface area (Å²) >= 11 is 0. The lowest BCUT2D eigenvalue weighted by atomic mass is 10.1. The van der Waals surface area contributed by atoms with Crippen molar-refractivity contribution in [3.8, 4) is 17.2 Å². The van der Waals surface area contributed by atoms with Crippen LogP contribution in [0.1, 0.15) is 34.9 Å². The summed E-state index contributed by atoms with van der Waals surface area (Å²) in [5.74, 6) is 2.46. The van der Waals surface area contributed by atoms with Crippen molar-refractivity contribution < 1.29 is 14.1 Å². The molecule has 1 aliphatic heterocycles. The van der Waals surface area contributed by atoms with Crippen LogP contribution < -0.4 is 4.74 Å². The maximum absolute atomic E-state index is 12.4. The minimum Gasteiger partial charge on any atom is -0.486 e. The van der Waals surface area contributed by atoms with Crippen molar-refractivity contribution in [2.45, 2.75) is 24.9 Å². The summed E-state index contributed by atoms with van der Waals surface area (Å²) in [7, 11) is 0. The average Bonchev–Trinajstić information content (AvgIpc) is 3.42. The monoisotopic (exact) mass is 361 g/mol. The molecular formula is C21H19N3O3. The molecule has 136 valence electrons. The van der Waals surface area contributed by atoms with Gasteiger partial charge in [0.05, 0.1) is 18.7 Å². The van der Waals surface area contributed by atoms with Crippen molar-refractivity contribution in [1.29, 1.82) is 0 Å². The number of carbonyl (C=O) groups is 1. The molecule has 0 unspecified atom stereocenters. The highest BCUT2D eigenvalue weighted by molar-refractivity contribution is 5.94. The normalized spacial score (nSPS) is 16.8. The fourth-order valence-electron chi connectivity index (χ4n) is 3.22. The van der Waals surface area contributed by atoms with Gasteiger partial charge in [0, 0.05) is 11.5 Å². The van der Waals surface area contributed by atoms with Gasteiger partial charge < -0.3 is 14.2 Å². The van der Waals surface area contributed by atoms with E-state index in [9.17, 15) is 4.79 Å². The number of ether oxygens (including phenoxy) is 1. The van der Waals surface area contributed by atoms with Gasteiger partial charge in [0.15, 0.2) is 5.82 Å². The van der Waals surface area contributed by atoms with Crippen LogP contribution >= 0.6 is 0 Å². The zero-order valence-corrected chi connectivity index (χ0v) is 14.7. The predicted molar refractivity (Wildman–Crippen MR) is 98.5 cm³/mol. The second-order valence-electron chi connectivity index (χ2n) is 7.04. The molecule has 2 fully saturated rings. The van der Waals surface area contributed by atoms with E-state index in [0.29, 0.717) is 36.2 Å². The van der Waals surface area contributed by atoms with E-state index in [1.807, 2.05) is 54.6 Å². The summed E-state index contributed by atoms with van der Waals surface area (Å²) in [5, 5.41) is 4.08. The van der Waals surface area contributed by atoms with Crippen LogP contribution in [0.3, 0.4) is 0 Å². The van der Waals surface area contributed by atoms with Crippen LogP contribution in [0.5, 0.6) is 5.75 Å². The Bertz CT molecular complexity index is 960. The number of amides is 1. The van der Waals surface area contributed by atoms with Gasteiger partial charge in [-0.05, 0) is 37.1 Å². The molecule has 6 heteroatoms. The quantitative estimate of drug-likeness (QED) is 0.695. The summed E-state index contributed by atoms with van der Waals surface area (Å²) in [6.07, 6.45) is 2.22. The van der Waals surface area contributed by atoms with Crippen LogP contribution in [0.4, 0.5) is 0 Å². The fraction of sp³-hybridized carbons (Fsp3) is 0.286. The molecule has 3 aromatic rings. The number of benzene rings is 2. The molecule has 1 aromatic heterocycles. The first-order valence-electron chi connectivity index (χ1n) is 9.22. The minimum absolute atomic E-state index is 0.0368. The number of likely N-dealkylation sites (tertiary alicyclic amines) is 1. The van der Waals surface area contributed by atoms with Gasteiger partial charge in [0.25, 0.3) is 11.8 Å². The fourth-order valence-corrected chi connectivity index (χ4v) is 3.22. The van der Waals surface area contributed by atoms with Gasteiger partial charge in [-0.15, -0.1) is 0 Å². The third-order valence-corrected chi connectivity index (χ3v) is 4.95. The van der Waals surface area contributed by atoms with E-state index >= 15 is 0 Å². The molecule has 27 heavy (non-hydrogen) atoms.